The van der Waals surface area contributed by atoms with E-state index in [1.54, 1.807) is 0 Å². The van der Waals surface area contributed by atoms with Crippen LogP contribution < -0.4 is 4.90 Å². The molecule has 2 heterocycles. The Morgan fingerprint density at radius 1 is 1.04 bits per heavy atom. The van der Waals surface area contributed by atoms with Crippen LogP contribution in [0, 0.1) is 13.8 Å². The van der Waals surface area contributed by atoms with Gasteiger partial charge in [0.1, 0.15) is 22.0 Å². The Kier molecular flexibility index (Phi) is 4.57. The summed E-state index contributed by atoms with van der Waals surface area (Å²) in [5.41, 5.74) is 0.768. The molecule has 2 aromatic rings. The van der Waals surface area contributed by atoms with Crippen LogP contribution in [-0.4, -0.2) is 50.0 Å². The molecule has 25 heavy (non-hydrogen) atoms. The molecule has 8 heteroatoms. The molecule has 0 bridgehead atoms. The van der Waals surface area contributed by atoms with Crippen molar-refractivity contribution >= 4 is 21.7 Å². The number of rotatable bonds is 4. The van der Waals surface area contributed by atoms with E-state index in [-0.39, 0.29) is 22.0 Å². The number of carboxylic acid groups (broad SMARTS) is 1. The van der Waals surface area contributed by atoms with Gasteiger partial charge in [-0.25, -0.2) is 13.2 Å². The quantitative estimate of drug-likeness (QED) is 0.893. The summed E-state index contributed by atoms with van der Waals surface area (Å²) in [5, 5.41) is 9.36. The molecule has 1 aliphatic heterocycles. The third-order valence-corrected chi connectivity index (χ3v) is 6.43. The number of furan rings is 1. The van der Waals surface area contributed by atoms with Crippen LogP contribution in [0.25, 0.3) is 0 Å². The number of carbonyl (C=O) groups is 1. The van der Waals surface area contributed by atoms with Crippen LogP contribution in [0.15, 0.2) is 39.6 Å². The second kappa shape index (κ2) is 6.53. The smallest absolute Gasteiger partial charge is 0.340 e. The highest BCUT2D eigenvalue weighted by molar-refractivity contribution is 7.89. The molecule has 0 radical (unpaired) electrons. The number of benzene rings is 1. The molecule has 0 saturated carbocycles. The molecule has 1 aliphatic rings. The molecule has 134 valence electrons. The topological polar surface area (TPSA) is 91.1 Å². The second-order valence-electron chi connectivity index (χ2n) is 5.95. The summed E-state index contributed by atoms with van der Waals surface area (Å²) in [6, 6.07) is 9.78. The number of aryl methyl sites for hydroxylation is 2. The number of aromatic carboxylic acids is 1. The predicted octanol–water partition coefficient (Wildman–Crippen LogP) is 2.11. The molecule has 0 spiro atoms. The van der Waals surface area contributed by atoms with Crippen molar-refractivity contribution in [2.45, 2.75) is 18.7 Å². The van der Waals surface area contributed by atoms with Gasteiger partial charge in [-0.05, 0) is 26.0 Å². The maximum absolute atomic E-state index is 13.0. The van der Waals surface area contributed by atoms with Gasteiger partial charge in [0.05, 0.1) is 0 Å². The van der Waals surface area contributed by atoms with Crippen LogP contribution >= 0.6 is 0 Å². The van der Waals surface area contributed by atoms with Crippen LogP contribution in [0.4, 0.5) is 5.69 Å². The molecule has 1 N–H and O–H groups in total. The highest BCUT2D eigenvalue weighted by atomic mass is 32.2. The summed E-state index contributed by atoms with van der Waals surface area (Å²) in [4.78, 5) is 13.3. The van der Waals surface area contributed by atoms with Crippen molar-refractivity contribution in [3.05, 3.63) is 47.4 Å². The number of piperazine rings is 1. The minimum atomic E-state index is -3.92. The summed E-state index contributed by atoms with van der Waals surface area (Å²) in [5.74, 6) is -1.08. The van der Waals surface area contributed by atoms with Crippen molar-refractivity contribution in [2.24, 2.45) is 0 Å². The lowest BCUT2D eigenvalue weighted by atomic mass is 10.2. The maximum atomic E-state index is 13.0. The predicted molar refractivity (Wildman–Crippen MR) is 92.6 cm³/mol. The summed E-state index contributed by atoms with van der Waals surface area (Å²) in [6.45, 7) is 4.61. The Bertz CT molecular complexity index is 881. The number of sulfonamides is 1. The van der Waals surface area contributed by atoms with Gasteiger partial charge in [-0.1, -0.05) is 18.2 Å². The first-order valence-corrected chi connectivity index (χ1v) is 9.40. The van der Waals surface area contributed by atoms with Crippen LogP contribution in [0.5, 0.6) is 0 Å². The number of anilines is 1. The third kappa shape index (κ3) is 3.14. The second-order valence-corrected chi connectivity index (χ2v) is 7.83. The fourth-order valence-corrected chi connectivity index (χ4v) is 4.97. The van der Waals surface area contributed by atoms with E-state index < -0.39 is 16.0 Å². The van der Waals surface area contributed by atoms with Crippen LogP contribution in [0.1, 0.15) is 21.9 Å². The van der Waals surface area contributed by atoms with Crippen molar-refractivity contribution in [1.82, 2.24) is 4.31 Å². The minimum absolute atomic E-state index is 0.103. The Morgan fingerprint density at radius 2 is 1.64 bits per heavy atom. The number of hydrogen-bond acceptors (Lipinski definition) is 5. The van der Waals surface area contributed by atoms with E-state index in [1.165, 1.54) is 18.2 Å². The summed E-state index contributed by atoms with van der Waals surface area (Å²) in [7, 11) is -3.92. The molecule has 0 atom stereocenters. The number of carboxylic acids is 1. The molecule has 1 saturated heterocycles. The largest absolute Gasteiger partial charge is 0.478 e. The first-order chi connectivity index (χ1) is 11.8. The van der Waals surface area contributed by atoms with Crippen LogP contribution in [-0.2, 0) is 10.0 Å². The van der Waals surface area contributed by atoms with Gasteiger partial charge in [0.25, 0.3) is 0 Å². The van der Waals surface area contributed by atoms with E-state index in [2.05, 4.69) is 4.90 Å². The molecule has 0 aliphatic carbocycles. The molecule has 1 fully saturated rings. The van der Waals surface area contributed by atoms with E-state index in [0.717, 1.165) is 5.69 Å². The number of para-hydroxylation sites is 1. The van der Waals surface area contributed by atoms with E-state index in [0.29, 0.717) is 26.2 Å². The van der Waals surface area contributed by atoms with Crippen molar-refractivity contribution in [2.75, 3.05) is 31.1 Å². The van der Waals surface area contributed by atoms with Crippen molar-refractivity contribution in [3.63, 3.8) is 0 Å². The molecular formula is C17H20N2O5S. The standard InChI is InChI=1S/C17H20N2O5S/c1-12-15(17(20)21)16(13(2)24-12)25(22,23)19-10-8-18(9-11-19)14-6-4-3-5-7-14/h3-7H,8-11H2,1-2H3,(H,20,21). The van der Waals surface area contributed by atoms with E-state index >= 15 is 0 Å². The van der Waals surface area contributed by atoms with Gasteiger partial charge in [-0.3, -0.25) is 0 Å². The first-order valence-electron chi connectivity index (χ1n) is 7.96. The van der Waals surface area contributed by atoms with Gasteiger partial charge in [0.15, 0.2) is 0 Å². The third-order valence-electron chi connectivity index (χ3n) is 4.38. The lowest BCUT2D eigenvalue weighted by Crippen LogP contribution is -2.48. The molecular weight excluding hydrogens is 344 g/mol. The van der Waals surface area contributed by atoms with Gasteiger partial charge in [0.2, 0.25) is 10.0 Å². The molecule has 3 rings (SSSR count). The van der Waals surface area contributed by atoms with Crippen LogP contribution in [0.2, 0.25) is 0 Å². The Hall–Kier alpha value is -2.32. The zero-order valence-corrected chi connectivity index (χ0v) is 14.9. The molecule has 0 unspecified atom stereocenters. The molecule has 1 aromatic carbocycles. The normalized spacial score (nSPS) is 16.2. The summed E-state index contributed by atoms with van der Waals surface area (Å²) in [6.07, 6.45) is 0. The van der Waals surface area contributed by atoms with Gasteiger partial charge < -0.3 is 14.4 Å². The Morgan fingerprint density at radius 3 is 2.20 bits per heavy atom. The highest BCUT2D eigenvalue weighted by Gasteiger charge is 2.36. The molecule has 0 amide bonds. The number of nitrogens with zero attached hydrogens (tertiary/aromatic N) is 2. The van der Waals surface area contributed by atoms with E-state index in [9.17, 15) is 18.3 Å². The van der Waals surface area contributed by atoms with Gasteiger partial charge in [0, 0.05) is 31.9 Å². The van der Waals surface area contributed by atoms with Gasteiger partial charge in [-0.15, -0.1) is 0 Å². The maximum Gasteiger partial charge on any atom is 0.340 e. The van der Waals surface area contributed by atoms with Crippen molar-refractivity contribution < 1.29 is 22.7 Å². The fourth-order valence-electron chi connectivity index (χ4n) is 3.18. The minimum Gasteiger partial charge on any atom is -0.478 e. The SMILES string of the molecule is Cc1oc(C)c(S(=O)(=O)N2CCN(c3ccccc3)CC2)c1C(=O)O. The van der Waals surface area contributed by atoms with Crippen LogP contribution in [0.3, 0.4) is 0 Å². The monoisotopic (exact) mass is 364 g/mol. The van der Waals surface area contributed by atoms with Crippen molar-refractivity contribution in [1.29, 1.82) is 0 Å². The average molecular weight is 364 g/mol. The van der Waals surface area contributed by atoms with Gasteiger partial charge in [-0.2, -0.15) is 4.31 Å². The lowest BCUT2D eigenvalue weighted by Gasteiger charge is -2.35. The van der Waals surface area contributed by atoms with E-state index in [1.807, 2.05) is 30.3 Å². The number of hydrogen-bond donors (Lipinski definition) is 1. The molecule has 7 nitrogen and oxygen atoms in total. The summed E-state index contributed by atoms with van der Waals surface area (Å²) >= 11 is 0. The van der Waals surface area contributed by atoms with Crippen molar-refractivity contribution in [3.8, 4) is 0 Å². The zero-order valence-electron chi connectivity index (χ0n) is 14.1. The lowest BCUT2D eigenvalue weighted by molar-refractivity contribution is 0.0691. The average Bonchev–Trinajstić information content (AvgIpc) is 2.91. The summed E-state index contributed by atoms with van der Waals surface area (Å²) < 4.78 is 32.6. The first kappa shape index (κ1) is 17.5. The van der Waals surface area contributed by atoms with E-state index in [4.69, 9.17) is 4.42 Å². The zero-order chi connectivity index (χ0) is 18.2. The fraction of sp³-hybridized carbons (Fsp3) is 0.353. The highest BCUT2D eigenvalue weighted by Crippen LogP contribution is 2.30. The molecule has 1 aromatic heterocycles. The Labute approximate surface area is 146 Å². The Balaban J connectivity index is 1.85. The van der Waals surface area contributed by atoms with Gasteiger partial charge >= 0.3 is 5.97 Å².